The molecule has 76 heavy (non-hydrogen) atoms. The van der Waals surface area contributed by atoms with Gasteiger partial charge in [0.1, 0.15) is 0 Å². The molecular formula is C70H131NO5. The van der Waals surface area contributed by atoms with E-state index in [1.54, 1.807) is 6.08 Å². The fourth-order valence-electron chi connectivity index (χ4n) is 10.4. The fourth-order valence-corrected chi connectivity index (χ4v) is 10.4. The Morgan fingerprint density at radius 2 is 0.671 bits per heavy atom. The van der Waals surface area contributed by atoms with Crippen LogP contribution in [0, 0.1) is 0 Å². The monoisotopic (exact) mass is 1070 g/mol. The maximum atomic E-state index is 12.5. The van der Waals surface area contributed by atoms with Gasteiger partial charge >= 0.3 is 5.97 Å². The van der Waals surface area contributed by atoms with Gasteiger partial charge in [0.05, 0.1) is 25.4 Å². The van der Waals surface area contributed by atoms with E-state index in [0.717, 1.165) is 51.4 Å². The third-order valence-corrected chi connectivity index (χ3v) is 15.6. The number of hydrogen-bond donors (Lipinski definition) is 3. The average molecular weight is 1070 g/mol. The van der Waals surface area contributed by atoms with Gasteiger partial charge in [-0.05, 0) is 83.5 Å². The van der Waals surface area contributed by atoms with E-state index in [0.29, 0.717) is 19.4 Å². The number of carbonyl (C=O) groups excluding carboxylic acids is 2. The van der Waals surface area contributed by atoms with Gasteiger partial charge < -0.3 is 20.3 Å². The number of amides is 1. The predicted molar refractivity (Wildman–Crippen MR) is 333 cm³/mol. The van der Waals surface area contributed by atoms with Crippen molar-refractivity contribution in [3.8, 4) is 0 Å². The Hall–Kier alpha value is -2.18. The van der Waals surface area contributed by atoms with Gasteiger partial charge in [-0.1, -0.05) is 313 Å². The smallest absolute Gasteiger partial charge is 0.305 e. The SMILES string of the molecule is CCCC/C=C\CCCCCCCC(=O)OCCCCCCCCCCC/C=C\C/C=C\CCCCCCCCCCCCCCCCCC(=O)NC(CO)C(O)/C=C/CCCCCCCCCCCCCCCCC. The van der Waals surface area contributed by atoms with Crippen molar-refractivity contribution in [1.29, 1.82) is 0 Å². The molecule has 0 aromatic carbocycles. The Kier molecular flexibility index (Phi) is 63.5. The molecule has 0 heterocycles. The normalized spacial score (nSPS) is 12.8. The molecule has 0 saturated carbocycles. The predicted octanol–water partition coefficient (Wildman–Crippen LogP) is 21.7. The summed E-state index contributed by atoms with van der Waals surface area (Å²) < 4.78 is 5.46. The van der Waals surface area contributed by atoms with E-state index in [-0.39, 0.29) is 18.5 Å². The Labute approximate surface area is 474 Å². The number of nitrogens with one attached hydrogen (secondary N) is 1. The van der Waals surface area contributed by atoms with Crippen LogP contribution in [0.5, 0.6) is 0 Å². The third-order valence-electron chi connectivity index (χ3n) is 15.6. The molecule has 2 unspecified atom stereocenters. The highest BCUT2D eigenvalue weighted by Crippen LogP contribution is 2.18. The molecule has 0 aliphatic heterocycles. The van der Waals surface area contributed by atoms with Crippen molar-refractivity contribution in [2.75, 3.05) is 13.2 Å². The first-order valence-corrected chi connectivity index (χ1v) is 33.9. The second kappa shape index (κ2) is 65.3. The molecule has 0 spiro atoms. The topological polar surface area (TPSA) is 95.9 Å². The van der Waals surface area contributed by atoms with E-state index in [2.05, 4.69) is 55.6 Å². The van der Waals surface area contributed by atoms with Crippen molar-refractivity contribution in [2.24, 2.45) is 0 Å². The molecule has 0 aliphatic carbocycles. The summed E-state index contributed by atoms with van der Waals surface area (Å²) in [4.78, 5) is 24.5. The first-order valence-electron chi connectivity index (χ1n) is 33.9. The van der Waals surface area contributed by atoms with Crippen LogP contribution < -0.4 is 5.32 Å². The molecule has 3 N–H and O–H groups in total. The standard InChI is InChI=1S/C70H131NO5/c1-3-5-7-9-11-13-15-16-17-33-36-39-43-46-50-54-58-62-68(73)67(66-72)71-69(74)63-59-55-51-47-44-40-37-34-31-29-27-25-23-21-19-18-20-22-24-26-28-30-32-35-38-41-45-49-53-57-61-65-76-70(75)64-60-56-52-48-42-14-12-10-8-6-4-2/h10,12,20,22,26,28,58,62,67-68,72-73H,3-9,11,13-19,21,23-25,27,29-57,59-61,63-66H2,1-2H3,(H,71,74)/b12-10-,22-20-,28-26-,62-58+. The number of allylic oxidation sites excluding steroid dienone is 7. The van der Waals surface area contributed by atoms with Crippen LogP contribution >= 0.6 is 0 Å². The molecular weight excluding hydrogens is 935 g/mol. The Morgan fingerprint density at radius 3 is 1.05 bits per heavy atom. The molecule has 0 aromatic heterocycles. The van der Waals surface area contributed by atoms with Crippen LogP contribution in [0.25, 0.3) is 0 Å². The number of carbonyl (C=O) groups is 2. The molecule has 0 rings (SSSR count). The lowest BCUT2D eigenvalue weighted by Gasteiger charge is -2.20. The van der Waals surface area contributed by atoms with Gasteiger partial charge in [-0.15, -0.1) is 0 Å². The zero-order valence-corrected chi connectivity index (χ0v) is 51.0. The largest absolute Gasteiger partial charge is 0.466 e. The van der Waals surface area contributed by atoms with Crippen LogP contribution in [0.4, 0.5) is 0 Å². The molecule has 6 heteroatoms. The van der Waals surface area contributed by atoms with Crippen LogP contribution in [0.1, 0.15) is 361 Å². The van der Waals surface area contributed by atoms with Gasteiger partial charge in [-0.3, -0.25) is 9.59 Å². The summed E-state index contributed by atoms with van der Waals surface area (Å²) in [6, 6.07) is -0.628. The fraction of sp³-hybridized carbons (Fsp3) is 0.857. The van der Waals surface area contributed by atoms with Gasteiger partial charge in [-0.2, -0.15) is 0 Å². The molecule has 6 nitrogen and oxygen atoms in total. The summed E-state index contributed by atoms with van der Waals surface area (Å²) in [5, 5.41) is 23.2. The molecule has 446 valence electrons. The zero-order valence-electron chi connectivity index (χ0n) is 51.0. The number of aliphatic hydroxyl groups is 2. The summed E-state index contributed by atoms with van der Waals surface area (Å²) in [5.41, 5.74) is 0. The van der Waals surface area contributed by atoms with E-state index >= 15 is 0 Å². The molecule has 1 amide bonds. The number of ether oxygens (including phenoxy) is 1. The number of rotatable bonds is 63. The highest BCUT2D eigenvalue weighted by atomic mass is 16.5. The molecule has 2 atom stereocenters. The summed E-state index contributed by atoms with van der Waals surface area (Å²) in [7, 11) is 0. The Bertz CT molecular complexity index is 1270. The minimum atomic E-state index is -0.845. The molecule has 0 fully saturated rings. The van der Waals surface area contributed by atoms with E-state index < -0.39 is 12.1 Å². The summed E-state index contributed by atoms with van der Waals surface area (Å²) in [6.45, 7) is 4.88. The van der Waals surface area contributed by atoms with E-state index in [4.69, 9.17) is 4.74 Å². The van der Waals surface area contributed by atoms with Crippen LogP contribution in [-0.4, -0.2) is 47.4 Å². The first-order chi connectivity index (χ1) is 37.5. The lowest BCUT2D eigenvalue weighted by Crippen LogP contribution is -2.45. The first kappa shape index (κ1) is 73.8. The average Bonchev–Trinajstić information content (AvgIpc) is 3.42. The maximum Gasteiger partial charge on any atom is 0.305 e. The Morgan fingerprint density at radius 1 is 0.368 bits per heavy atom. The van der Waals surface area contributed by atoms with Crippen LogP contribution in [0.3, 0.4) is 0 Å². The number of esters is 1. The van der Waals surface area contributed by atoms with E-state index in [9.17, 15) is 19.8 Å². The van der Waals surface area contributed by atoms with Crippen molar-refractivity contribution in [3.05, 3.63) is 48.6 Å². The minimum absolute atomic E-state index is 0.00161. The number of aliphatic hydroxyl groups excluding tert-OH is 2. The molecule has 0 aliphatic rings. The number of hydrogen-bond acceptors (Lipinski definition) is 5. The Balaban J connectivity index is 3.42. The van der Waals surface area contributed by atoms with Crippen molar-refractivity contribution in [2.45, 2.75) is 373 Å². The van der Waals surface area contributed by atoms with Crippen LogP contribution in [0.2, 0.25) is 0 Å². The third kappa shape index (κ3) is 61.0. The zero-order chi connectivity index (χ0) is 55.0. The van der Waals surface area contributed by atoms with Gasteiger partial charge in [0.15, 0.2) is 0 Å². The quantitative estimate of drug-likeness (QED) is 0.0320. The van der Waals surface area contributed by atoms with Crippen molar-refractivity contribution in [3.63, 3.8) is 0 Å². The lowest BCUT2D eigenvalue weighted by molar-refractivity contribution is -0.143. The summed E-state index contributed by atoms with van der Waals surface area (Å²) >= 11 is 0. The van der Waals surface area contributed by atoms with Crippen molar-refractivity contribution >= 4 is 11.9 Å². The van der Waals surface area contributed by atoms with Crippen LogP contribution in [-0.2, 0) is 14.3 Å². The van der Waals surface area contributed by atoms with E-state index in [1.807, 2.05) is 6.08 Å². The van der Waals surface area contributed by atoms with Gasteiger partial charge in [0.25, 0.3) is 0 Å². The molecule has 0 saturated heterocycles. The second-order valence-electron chi connectivity index (χ2n) is 23.1. The second-order valence-corrected chi connectivity index (χ2v) is 23.1. The highest BCUT2D eigenvalue weighted by molar-refractivity contribution is 5.76. The molecule has 0 aromatic rings. The molecule has 0 bridgehead atoms. The molecule has 0 radical (unpaired) electrons. The summed E-state index contributed by atoms with van der Waals surface area (Å²) in [6.07, 6.45) is 84.7. The maximum absolute atomic E-state index is 12.5. The van der Waals surface area contributed by atoms with Gasteiger partial charge in [0, 0.05) is 12.8 Å². The highest BCUT2D eigenvalue weighted by Gasteiger charge is 2.18. The lowest BCUT2D eigenvalue weighted by atomic mass is 10.0. The van der Waals surface area contributed by atoms with Crippen molar-refractivity contribution < 1.29 is 24.5 Å². The van der Waals surface area contributed by atoms with E-state index in [1.165, 1.54) is 283 Å². The van der Waals surface area contributed by atoms with Gasteiger partial charge in [-0.25, -0.2) is 0 Å². The van der Waals surface area contributed by atoms with Crippen LogP contribution in [0.15, 0.2) is 48.6 Å². The number of unbranched alkanes of at least 4 members (excludes halogenated alkanes) is 46. The minimum Gasteiger partial charge on any atom is -0.466 e. The summed E-state index contributed by atoms with van der Waals surface area (Å²) in [5.74, 6) is -0.0637. The van der Waals surface area contributed by atoms with Gasteiger partial charge in [0.2, 0.25) is 5.91 Å². The van der Waals surface area contributed by atoms with Crippen molar-refractivity contribution in [1.82, 2.24) is 5.32 Å².